The standard InChI is InChI=1S/C12H23N3O2S/c1-12(2,3)13-8-11-9-14-15(10-11)6-5-7-18(4,16)17/h9-10,13H,5-8H2,1-4H3. The number of aryl methyl sites for hydroxylation is 1. The van der Waals surface area contributed by atoms with Crippen molar-refractivity contribution in [2.45, 2.75) is 45.8 Å². The molecule has 0 aliphatic heterocycles. The highest BCUT2D eigenvalue weighted by molar-refractivity contribution is 7.90. The van der Waals surface area contributed by atoms with E-state index in [1.807, 2.05) is 12.4 Å². The molecule has 5 nitrogen and oxygen atoms in total. The monoisotopic (exact) mass is 273 g/mol. The number of nitrogens with one attached hydrogen (secondary N) is 1. The van der Waals surface area contributed by atoms with Crippen molar-refractivity contribution in [3.63, 3.8) is 0 Å². The van der Waals surface area contributed by atoms with Crippen molar-refractivity contribution in [2.24, 2.45) is 0 Å². The highest BCUT2D eigenvalue weighted by Crippen LogP contribution is 2.04. The Morgan fingerprint density at radius 1 is 1.39 bits per heavy atom. The van der Waals surface area contributed by atoms with Crippen LogP contribution in [0.3, 0.4) is 0 Å². The summed E-state index contributed by atoms with van der Waals surface area (Å²) in [6.07, 6.45) is 5.64. The molecule has 1 aromatic heterocycles. The Labute approximate surface area is 109 Å². The van der Waals surface area contributed by atoms with Crippen LogP contribution in [0, 0.1) is 0 Å². The molecule has 1 aromatic rings. The summed E-state index contributed by atoms with van der Waals surface area (Å²) in [5, 5.41) is 7.60. The molecule has 18 heavy (non-hydrogen) atoms. The first-order valence-electron chi connectivity index (χ1n) is 6.10. The lowest BCUT2D eigenvalue weighted by Gasteiger charge is -2.19. The number of hydrogen-bond acceptors (Lipinski definition) is 4. The van der Waals surface area contributed by atoms with E-state index in [4.69, 9.17) is 0 Å². The van der Waals surface area contributed by atoms with Gasteiger partial charge in [0, 0.05) is 36.6 Å². The molecule has 0 saturated carbocycles. The first-order chi connectivity index (χ1) is 8.16. The van der Waals surface area contributed by atoms with Gasteiger partial charge in [0.15, 0.2) is 0 Å². The van der Waals surface area contributed by atoms with Crippen LogP contribution in [0.25, 0.3) is 0 Å². The fourth-order valence-corrected chi connectivity index (χ4v) is 2.13. The molecule has 0 aromatic carbocycles. The summed E-state index contributed by atoms with van der Waals surface area (Å²) in [5.41, 5.74) is 1.20. The van der Waals surface area contributed by atoms with Gasteiger partial charge >= 0.3 is 0 Å². The van der Waals surface area contributed by atoms with Crippen molar-refractivity contribution in [1.29, 1.82) is 0 Å². The molecule has 6 heteroatoms. The Balaban J connectivity index is 2.39. The zero-order valence-corrected chi connectivity index (χ0v) is 12.4. The minimum Gasteiger partial charge on any atom is -0.308 e. The van der Waals surface area contributed by atoms with Crippen LogP contribution in [0.5, 0.6) is 0 Å². The number of sulfone groups is 1. The Hall–Kier alpha value is -0.880. The highest BCUT2D eigenvalue weighted by Gasteiger charge is 2.09. The van der Waals surface area contributed by atoms with Crippen LogP contribution in [0.1, 0.15) is 32.8 Å². The van der Waals surface area contributed by atoms with Crippen LogP contribution in [0.2, 0.25) is 0 Å². The molecule has 0 amide bonds. The molecular formula is C12H23N3O2S. The molecule has 1 rings (SSSR count). The summed E-state index contributed by atoms with van der Waals surface area (Å²) in [7, 11) is -2.87. The lowest BCUT2D eigenvalue weighted by atomic mass is 10.1. The molecule has 0 bridgehead atoms. The maximum Gasteiger partial charge on any atom is 0.147 e. The van der Waals surface area contributed by atoms with E-state index in [0.717, 1.165) is 12.1 Å². The fraction of sp³-hybridized carbons (Fsp3) is 0.750. The molecule has 0 unspecified atom stereocenters. The quantitative estimate of drug-likeness (QED) is 0.846. The molecule has 0 saturated heterocycles. The van der Waals surface area contributed by atoms with Crippen molar-refractivity contribution < 1.29 is 8.42 Å². The molecular weight excluding hydrogens is 250 g/mol. The minimum atomic E-state index is -2.87. The van der Waals surface area contributed by atoms with Crippen molar-refractivity contribution in [3.05, 3.63) is 18.0 Å². The number of nitrogens with zero attached hydrogens (tertiary/aromatic N) is 2. The zero-order chi connectivity index (χ0) is 13.8. The van der Waals surface area contributed by atoms with Gasteiger partial charge in [0.1, 0.15) is 9.84 Å². The van der Waals surface area contributed by atoms with Crippen molar-refractivity contribution in [3.8, 4) is 0 Å². The van der Waals surface area contributed by atoms with Gasteiger partial charge < -0.3 is 5.32 Å². The van der Waals surface area contributed by atoms with E-state index in [1.54, 1.807) is 4.68 Å². The Bertz CT molecular complexity index is 472. The van der Waals surface area contributed by atoms with Crippen molar-refractivity contribution >= 4 is 9.84 Å². The molecule has 0 spiro atoms. The molecule has 0 radical (unpaired) electrons. The van der Waals surface area contributed by atoms with E-state index in [1.165, 1.54) is 6.26 Å². The van der Waals surface area contributed by atoms with Gasteiger partial charge in [0.2, 0.25) is 0 Å². The number of rotatable bonds is 6. The first kappa shape index (κ1) is 15.2. The maximum absolute atomic E-state index is 11.0. The average molecular weight is 273 g/mol. The third-order valence-corrected chi connectivity index (χ3v) is 3.44. The van der Waals surface area contributed by atoms with Gasteiger partial charge in [0.25, 0.3) is 0 Å². The van der Waals surface area contributed by atoms with Crippen LogP contribution in [0.15, 0.2) is 12.4 Å². The van der Waals surface area contributed by atoms with Crippen LogP contribution in [0.4, 0.5) is 0 Å². The molecule has 0 aliphatic rings. The van der Waals surface area contributed by atoms with E-state index in [2.05, 4.69) is 31.2 Å². The fourth-order valence-electron chi connectivity index (χ4n) is 1.48. The van der Waals surface area contributed by atoms with Crippen LogP contribution in [-0.4, -0.2) is 35.7 Å². The summed E-state index contributed by atoms with van der Waals surface area (Å²) in [6, 6.07) is 0. The molecule has 1 N–H and O–H groups in total. The third-order valence-electron chi connectivity index (χ3n) is 2.41. The van der Waals surface area contributed by atoms with Crippen molar-refractivity contribution in [1.82, 2.24) is 15.1 Å². The minimum absolute atomic E-state index is 0.0817. The number of hydrogen-bond donors (Lipinski definition) is 1. The first-order valence-corrected chi connectivity index (χ1v) is 8.16. The van der Waals surface area contributed by atoms with Gasteiger partial charge in [-0.1, -0.05) is 0 Å². The van der Waals surface area contributed by atoms with Gasteiger partial charge in [-0.2, -0.15) is 5.10 Å². The lowest BCUT2D eigenvalue weighted by Crippen LogP contribution is -2.34. The van der Waals surface area contributed by atoms with Crippen LogP contribution in [-0.2, 0) is 22.9 Å². The van der Waals surface area contributed by atoms with Crippen LogP contribution < -0.4 is 5.32 Å². The molecule has 104 valence electrons. The van der Waals surface area contributed by atoms with E-state index >= 15 is 0 Å². The molecule has 0 fully saturated rings. The molecule has 1 heterocycles. The highest BCUT2D eigenvalue weighted by atomic mass is 32.2. The van der Waals surface area contributed by atoms with E-state index < -0.39 is 9.84 Å². The number of aromatic nitrogens is 2. The summed E-state index contributed by atoms with van der Waals surface area (Å²) >= 11 is 0. The van der Waals surface area contributed by atoms with E-state index in [-0.39, 0.29) is 11.3 Å². The smallest absolute Gasteiger partial charge is 0.147 e. The van der Waals surface area contributed by atoms with Gasteiger partial charge in [-0.3, -0.25) is 4.68 Å². The Morgan fingerprint density at radius 3 is 2.61 bits per heavy atom. The summed E-state index contributed by atoms with van der Waals surface area (Å²) in [5.74, 6) is 0.211. The van der Waals surface area contributed by atoms with Crippen molar-refractivity contribution in [2.75, 3.05) is 12.0 Å². The SMILES string of the molecule is CC(C)(C)NCc1cnn(CCCS(C)(=O)=O)c1. The molecule has 0 atom stereocenters. The maximum atomic E-state index is 11.0. The second kappa shape index (κ2) is 5.84. The summed E-state index contributed by atoms with van der Waals surface area (Å²) in [4.78, 5) is 0. The van der Waals surface area contributed by atoms with Gasteiger partial charge in [-0.15, -0.1) is 0 Å². The summed E-state index contributed by atoms with van der Waals surface area (Å²) in [6.45, 7) is 7.76. The topological polar surface area (TPSA) is 64.0 Å². The van der Waals surface area contributed by atoms with Crippen LogP contribution >= 0.6 is 0 Å². The Morgan fingerprint density at radius 2 is 2.06 bits per heavy atom. The molecule has 0 aliphatic carbocycles. The lowest BCUT2D eigenvalue weighted by molar-refractivity contribution is 0.424. The van der Waals surface area contributed by atoms with E-state index in [0.29, 0.717) is 13.0 Å². The largest absolute Gasteiger partial charge is 0.308 e. The average Bonchev–Trinajstić information content (AvgIpc) is 2.60. The van der Waals surface area contributed by atoms with Gasteiger partial charge in [-0.05, 0) is 27.2 Å². The summed E-state index contributed by atoms with van der Waals surface area (Å²) < 4.78 is 23.8. The second-order valence-corrected chi connectivity index (χ2v) is 7.96. The predicted molar refractivity (Wildman–Crippen MR) is 73.1 cm³/mol. The zero-order valence-electron chi connectivity index (χ0n) is 11.6. The predicted octanol–water partition coefficient (Wildman–Crippen LogP) is 1.21. The third kappa shape index (κ3) is 6.76. The van der Waals surface area contributed by atoms with E-state index in [9.17, 15) is 8.42 Å². The van der Waals surface area contributed by atoms with Gasteiger partial charge in [-0.25, -0.2) is 8.42 Å². The normalized spacial score (nSPS) is 12.9. The second-order valence-electron chi connectivity index (χ2n) is 5.70. The van der Waals surface area contributed by atoms with Gasteiger partial charge in [0.05, 0.1) is 11.9 Å². The Kier molecular flexibility index (Phi) is 4.92.